The summed E-state index contributed by atoms with van der Waals surface area (Å²) in [5, 5.41) is 6.78. The first kappa shape index (κ1) is 34.7. The van der Waals surface area contributed by atoms with Crippen LogP contribution in [-0.4, -0.2) is 43.3 Å². The Labute approximate surface area is 318 Å². The van der Waals surface area contributed by atoms with E-state index >= 15 is 0 Å². The van der Waals surface area contributed by atoms with Crippen molar-refractivity contribution in [1.29, 1.82) is 0 Å². The minimum absolute atomic E-state index is 0.155. The molecule has 2 aliphatic rings. The van der Waals surface area contributed by atoms with Crippen LogP contribution in [0.5, 0.6) is 11.5 Å². The average Bonchev–Trinajstić information content (AvgIpc) is 3.46. The van der Waals surface area contributed by atoms with E-state index in [1.54, 1.807) is 11.2 Å². The van der Waals surface area contributed by atoms with Crippen molar-refractivity contribution in [1.82, 2.24) is 5.01 Å². The lowest BCUT2D eigenvalue weighted by Crippen LogP contribution is -2.44. The molecule has 0 saturated carbocycles. The molecule has 0 aliphatic carbocycles. The third-order valence-corrected chi connectivity index (χ3v) is 10.7. The number of benzene rings is 6. The van der Waals surface area contributed by atoms with E-state index in [-0.39, 0.29) is 5.91 Å². The second-order valence-electron chi connectivity index (χ2n) is 13.5. The zero-order valence-electron chi connectivity index (χ0n) is 31.3. The van der Waals surface area contributed by atoms with Gasteiger partial charge < -0.3 is 19.4 Å². The standard InChI is InChI=1S/C47H45N5O2/c1-5-49(6-2)38-27-29-42-44(31-38)54-45-32-39(50(7-3)8-4)28-30-43(45)47(42)41-22-16-15-21-40(41)46(53)52(47)48-33-34-23-25-37(26-24-34)51(35-17-11-9-12-18-35)36-19-13-10-14-20-36/h9-33H,5-8H2,1-4H3/b48-33+. The minimum Gasteiger partial charge on any atom is -0.456 e. The van der Waals surface area contributed by atoms with Crippen molar-refractivity contribution in [3.63, 3.8) is 0 Å². The molecule has 1 spiro atoms. The Morgan fingerprint density at radius 3 is 1.54 bits per heavy atom. The zero-order valence-corrected chi connectivity index (χ0v) is 31.3. The van der Waals surface area contributed by atoms with Gasteiger partial charge in [0.15, 0.2) is 0 Å². The van der Waals surface area contributed by atoms with E-state index in [0.717, 1.165) is 88.4 Å². The Morgan fingerprint density at radius 2 is 1.02 bits per heavy atom. The van der Waals surface area contributed by atoms with Gasteiger partial charge in [0, 0.05) is 89.0 Å². The molecule has 6 aromatic carbocycles. The SMILES string of the molecule is CCN(CC)c1ccc2c(c1)Oc1cc(N(CC)CC)ccc1C21c2ccccc2C(=O)N1/N=C/c1ccc(N(c2ccccc2)c2ccccc2)cc1. The van der Waals surface area contributed by atoms with Gasteiger partial charge in [-0.1, -0.05) is 78.9 Å². The number of carbonyl (C=O) groups is 1. The molecule has 54 heavy (non-hydrogen) atoms. The van der Waals surface area contributed by atoms with Crippen molar-refractivity contribution in [2.75, 3.05) is 40.9 Å². The van der Waals surface area contributed by atoms with Crippen LogP contribution >= 0.6 is 0 Å². The summed E-state index contributed by atoms with van der Waals surface area (Å²) in [6.45, 7) is 12.1. The number of carbonyl (C=O) groups excluding carboxylic acids is 1. The summed E-state index contributed by atoms with van der Waals surface area (Å²) in [7, 11) is 0. The molecule has 0 fully saturated rings. The number of nitrogens with zero attached hydrogens (tertiary/aromatic N) is 5. The van der Waals surface area contributed by atoms with Gasteiger partial charge in [0.05, 0.1) is 6.21 Å². The average molecular weight is 712 g/mol. The first-order chi connectivity index (χ1) is 26.5. The number of anilines is 5. The van der Waals surface area contributed by atoms with Crippen LogP contribution in [0, 0.1) is 0 Å². The fraction of sp³-hybridized carbons (Fsp3) is 0.191. The highest BCUT2D eigenvalue weighted by Gasteiger charge is 2.57. The van der Waals surface area contributed by atoms with Gasteiger partial charge in [-0.15, -0.1) is 0 Å². The monoisotopic (exact) mass is 711 g/mol. The summed E-state index contributed by atoms with van der Waals surface area (Å²) in [5.41, 5.74) is 8.42. The highest BCUT2D eigenvalue weighted by molar-refractivity contribution is 6.03. The number of hydrogen-bond donors (Lipinski definition) is 0. The molecule has 0 atom stereocenters. The molecule has 7 heteroatoms. The van der Waals surface area contributed by atoms with Crippen LogP contribution < -0.4 is 19.4 Å². The molecule has 0 saturated heterocycles. The van der Waals surface area contributed by atoms with Crippen LogP contribution in [0.15, 0.2) is 151 Å². The van der Waals surface area contributed by atoms with Gasteiger partial charge in [-0.2, -0.15) is 5.10 Å². The first-order valence-electron chi connectivity index (χ1n) is 19.0. The molecule has 0 N–H and O–H groups in total. The Balaban J connectivity index is 1.26. The van der Waals surface area contributed by atoms with Crippen LogP contribution in [0.1, 0.15) is 60.3 Å². The molecular weight excluding hydrogens is 667 g/mol. The number of amides is 1. The topological polar surface area (TPSA) is 51.6 Å². The molecule has 6 aromatic rings. The van der Waals surface area contributed by atoms with Gasteiger partial charge >= 0.3 is 0 Å². The quantitative estimate of drug-likeness (QED) is 0.125. The van der Waals surface area contributed by atoms with E-state index < -0.39 is 5.54 Å². The number of ether oxygens (including phenoxy) is 1. The summed E-state index contributed by atoms with van der Waals surface area (Å²) in [6, 6.07) is 49.7. The molecule has 0 unspecified atom stereocenters. The van der Waals surface area contributed by atoms with E-state index in [1.807, 2.05) is 30.3 Å². The van der Waals surface area contributed by atoms with Gasteiger partial charge in [0.2, 0.25) is 0 Å². The lowest BCUT2D eigenvalue weighted by Gasteiger charge is -2.42. The lowest BCUT2D eigenvalue weighted by molar-refractivity contribution is 0.0675. The van der Waals surface area contributed by atoms with Gasteiger partial charge in [-0.05, 0) is 87.9 Å². The smallest absolute Gasteiger partial charge is 0.275 e. The number of fused-ring (bicyclic) bond motifs is 6. The normalized spacial score (nSPS) is 13.7. The first-order valence-corrected chi connectivity index (χ1v) is 19.0. The number of hydrazone groups is 1. The second kappa shape index (κ2) is 14.6. The maximum atomic E-state index is 14.7. The van der Waals surface area contributed by atoms with E-state index in [1.165, 1.54) is 0 Å². The van der Waals surface area contributed by atoms with Gasteiger partial charge in [0.1, 0.15) is 17.0 Å². The molecule has 2 heterocycles. The minimum atomic E-state index is -1.05. The fourth-order valence-corrected chi connectivity index (χ4v) is 8.08. The summed E-state index contributed by atoms with van der Waals surface area (Å²) in [5.74, 6) is 1.29. The molecule has 7 nitrogen and oxygen atoms in total. The molecular formula is C47H45N5O2. The largest absolute Gasteiger partial charge is 0.456 e. The van der Waals surface area contributed by atoms with Crippen molar-refractivity contribution in [2.45, 2.75) is 33.2 Å². The molecule has 0 aromatic heterocycles. The highest BCUT2D eigenvalue weighted by Crippen LogP contribution is 2.58. The summed E-state index contributed by atoms with van der Waals surface area (Å²) in [4.78, 5) is 21.5. The fourth-order valence-electron chi connectivity index (χ4n) is 8.08. The van der Waals surface area contributed by atoms with Crippen LogP contribution in [0.25, 0.3) is 0 Å². The Hall–Kier alpha value is -6.34. The number of para-hydroxylation sites is 2. The van der Waals surface area contributed by atoms with Crippen molar-refractivity contribution >= 4 is 40.6 Å². The van der Waals surface area contributed by atoms with E-state index in [2.05, 4.69) is 158 Å². The molecule has 0 bridgehead atoms. The van der Waals surface area contributed by atoms with E-state index in [0.29, 0.717) is 5.56 Å². The van der Waals surface area contributed by atoms with Gasteiger partial charge in [0.25, 0.3) is 5.91 Å². The molecule has 2 aliphatic heterocycles. The molecule has 8 rings (SSSR count). The van der Waals surface area contributed by atoms with Crippen LogP contribution in [0.4, 0.5) is 28.4 Å². The maximum Gasteiger partial charge on any atom is 0.275 e. The van der Waals surface area contributed by atoms with Gasteiger partial charge in [-0.3, -0.25) is 4.79 Å². The van der Waals surface area contributed by atoms with Crippen molar-refractivity contribution in [3.8, 4) is 11.5 Å². The summed E-state index contributed by atoms with van der Waals surface area (Å²) in [6.07, 6.45) is 1.80. The summed E-state index contributed by atoms with van der Waals surface area (Å²) < 4.78 is 6.85. The number of hydrogen-bond acceptors (Lipinski definition) is 6. The molecule has 1 amide bonds. The predicted octanol–water partition coefficient (Wildman–Crippen LogP) is 10.7. The zero-order chi connectivity index (χ0) is 37.2. The Bertz CT molecular complexity index is 2200. The predicted molar refractivity (Wildman–Crippen MR) is 221 cm³/mol. The molecule has 270 valence electrons. The van der Waals surface area contributed by atoms with Crippen molar-refractivity contribution in [2.24, 2.45) is 5.10 Å². The van der Waals surface area contributed by atoms with Gasteiger partial charge in [-0.25, -0.2) is 5.01 Å². The van der Waals surface area contributed by atoms with E-state index in [4.69, 9.17) is 9.84 Å². The third-order valence-electron chi connectivity index (χ3n) is 10.7. The van der Waals surface area contributed by atoms with Crippen LogP contribution in [0.2, 0.25) is 0 Å². The maximum absolute atomic E-state index is 14.7. The Morgan fingerprint density at radius 1 is 0.556 bits per heavy atom. The number of rotatable bonds is 11. The van der Waals surface area contributed by atoms with Crippen LogP contribution in [-0.2, 0) is 5.54 Å². The van der Waals surface area contributed by atoms with Crippen molar-refractivity contribution < 1.29 is 9.53 Å². The lowest BCUT2D eigenvalue weighted by atomic mass is 9.75. The van der Waals surface area contributed by atoms with Crippen LogP contribution in [0.3, 0.4) is 0 Å². The second-order valence-corrected chi connectivity index (χ2v) is 13.5. The van der Waals surface area contributed by atoms with E-state index in [9.17, 15) is 4.79 Å². The summed E-state index contributed by atoms with van der Waals surface area (Å²) >= 11 is 0. The highest BCUT2D eigenvalue weighted by atomic mass is 16.5. The Kier molecular flexibility index (Phi) is 9.38. The molecule has 0 radical (unpaired) electrons. The van der Waals surface area contributed by atoms with Crippen molar-refractivity contribution in [3.05, 3.63) is 173 Å². The third kappa shape index (κ3) is 5.77.